The Morgan fingerprint density at radius 1 is 1.06 bits per heavy atom. The molecule has 3 atom stereocenters. The van der Waals surface area contributed by atoms with Crippen LogP contribution in [0.25, 0.3) is 0 Å². The van der Waals surface area contributed by atoms with Gasteiger partial charge in [-0.1, -0.05) is 42.5 Å². The molecule has 0 aromatic heterocycles. The summed E-state index contributed by atoms with van der Waals surface area (Å²) in [6.07, 6.45) is 5.32. The molecule has 0 saturated heterocycles. The van der Waals surface area contributed by atoms with Crippen molar-refractivity contribution < 1.29 is 9.72 Å². The summed E-state index contributed by atoms with van der Waals surface area (Å²) in [6.45, 7) is 4.07. The molecule has 2 N–H and O–H groups in total. The summed E-state index contributed by atoms with van der Waals surface area (Å²) in [5.41, 5.74) is 6.65. The second-order valence-corrected chi connectivity index (χ2v) is 8.85. The van der Waals surface area contributed by atoms with E-state index in [1.165, 1.54) is 5.56 Å². The lowest BCUT2D eigenvalue weighted by atomic mass is 9.76. The van der Waals surface area contributed by atoms with Gasteiger partial charge in [0.15, 0.2) is 0 Å². The number of non-ortho nitro benzene ring substituents is 1. The first kappa shape index (κ1) is 20.9. The van der Waals surface area contributed by atoms with Crippen LogP contribution in [0.1, 0.15) is 51.0 Å². The highest BCUT2D eigenvalue weighted by Gasteiger charge is 2.39. The molecule has 33 heavy (non-hydrogen) atoms. The number of nitrogens with zero attached hydrogens (tertiary/aromatic N) is 1. The quantitative estimate of drug-likeness (QED) is 0.284. The van der Waals surface area contributed by atoms with Crippen LogP contribution in [0.5, 0.6) is 0 Å². The van der Waals surface area contributed by atoms with Gasteiger partial charge in [-0.05, 0) is 66.6 Å². The molecule has 3 aromatic rings. The van der Waals surface area contributed by atoms with Crippen LogP contribution in [0, 0.1) is 29.9 Å². The normalized spacial score (nSPS) is 20.5. The minimum absolute atomic E-state index is 0.0473. The van der Waals surface area contributed by atoms with Gasteiger partial charge in [0.05, 0.1) is 22.2 Å². The molecule has 3 unspecified atom stereocenters. The number of para-hydroxylation sites is 1. The third-order valence-corrected chi connectivity index (χ3v) is 6.87. The van der Waals surface area contributed by atoms with Crippen molar-refractivity contribution in [1.29, 1.82) is 0 Å². The zero-order valence-corrected chi connectivity index (χ0v) is 18.5. The molecule has 6 heteroatoms. The highest BCUT2D eigenvalue weighted by atomic mass is 16.6. The number of nitrogens with one attached hydrogen (secondary N) is 2. The van der Waals surface area contributed by atoms with Crippen molar-refractivity contribution in [3.8, 4) is 0 Å². The summed E-state index contributed by atoms with van der Waals surface area (Å²) in [6, 6.07) is 18.4. The van der Waals surface area contributed by atoms with Gasteiger partial charge in [0.25, 0.3) is 11.6 Å². The average molecular weight is 440 g/mol. The Hall–Kier alpha value is -3.93. The maximum absolute atomic E-state index is 13.3. The summed E-state index contributed by atoms with van der Waals surface area (Å²) in [7, 11) is 0. The lowest BCUT2D eigenvalue weighted by Gasteiger charge is -2.38. The molecule has 0 bridgehead atoms. The summed E-state index contributed by atoms with van der Waals surface area (Å²) in [5, 5.41) is 17.7. The average Bonchev–Trinajstić information content (AvgIpc) is 3.31. The van der Waals surface area contributed by atoms with E-state index in [4.69, 9.17) is 0 Å². The minimum Gasteiger partial charge on any atom is -0.377 e. The molecule has 0 spiro atoms. The van der Waals surface area contributed by atoms with Crippen LogP contribution in [-0.4, -0.2) is 10.8 Å². The first-order valence-electron chi connectivity index (χ1n) is 11.1. The fourth-order valence-electron chi connectivity index (χ4n) is 4.96. The minimum atomic E-state index is -0.386. The van der Waals surface area contributed by atoms with E-state index in [1.807, 2.05) is 56.3 Å². The molecule has 166 valence electrons. The topological polar surface area (TPSA) is 84.3 Å². The smallest absolute Gasteiger partial charge is 0.269 e. The number of rotatable bonds is 4. The zero-order chi connectivity index (χ0) is 23.1. The Kier molecular flexibility index (Phi) is 5.21. The Morgan fingerprint density at radius 3 is 2.58 bits per heavy atom. The van der Waals surface area contributed by atoms with Gasteiger partial charge in [-0.2, -0.15) is 0 Å². The number of nitro benzene ring substituents is 1. The first-order chi connectivity index (χ1) is 15.9. The molecule has 0 fully saturated rings. The van der Waals surface area contributed by atoms with Crippen LogP contribution in [0.2, 0.25) is 0 Å². The van der Waals surface area contributed by atoms with Gasteiger partial charge in [-0.3, -0.25) is 14.9 Å². The number of hydrogen-bond donors (Lipinski definition) is 2. The summed E-state index contributed by atoms with van der Waals surface area (Å²) in [4.78, 5) is 24.0. The number of carbonyl (C=O) groups excluding carboxylic acids is 1. The maximum atomic E-state index is 13.3. The number of amides is 1. The van der Waals surface area contributed by atoms with Crippen LogP contribution < -0.4 is 10.6 Å². The van der Waals surface area contributed by atoms with E-state index in [9.17, 15) is 14.9 Å². The summed E-state index contributed by atoms with van der Waals surface area (Å²) in [5.74, 6) is 0.318. The second-order valence-electron chi connectivity index (χ2n) is 8.85. The van der Waals surface area contributed by atoms with Gasteiger partial charge in [0.1, 0.15) is 0 Å². The lowest BCUT2D eigenvalue weighted by molar-refractivity contribution is -0.384. The number of hydrogen-bond acceptors (Lipinski definition) is 4. The number of fused-ring (bicyclic) bond motifs is 3. The van der Waals surface area contributed by atoms with Gasteiger partial charge >= 0.3 is 0 Å². The van der Waals surface area contributed by atoms with Crippen LogP contribution in [0.4, 0.5) is 17.1 Å². The molecule has 0 radical (unpaired) electrons. The van der Waals surface area contributed by atoms with Gasteiger partial charge in [-0.15, -0.1) is 0 Å². The molecular weight excluding hydrogens is 414 g/mol. The van der Waals surface area contributed by atoms with Crippen LogP contribution in [0.15, 0.2) is 72.8 Å². The maximum Gasteiger partial charge on any atom is 0.269 e. The molecule has 6 nitrogen and oxygen atoms in total. The third-order valence-electron chi connectivity index (χ3n) is 6.87. The van der Waals surface area contributed by atoms with E-state index in [0.29, 0.717) is 5.56 Å². The van der Waals surface area contributed by atoms with Crippen molar-refractivity contribution >= 4 is 23.0 Å². The molecule has 3 aromatic carbocycles. The first-order valence-corrected chi connectivity index (χ1v) is 11.1. The Labute approximate surface area is 192 Å². The summed E-state index contributed by atoms with van der Waals surface area (Å²) < 4.78 is 0. The zero-order valence-electron chi connectivity index (χ0n) is 18.5. The molecule has 1 heterocycles. The van der Waals surface area contributed by atoms with Crippen LogP contribution in [0.3, 0.4) is 0 Å². The summed E-state index contributed by atoms with van der Waals surface area (Å²) >= 11 is 0. The Balaban J connectivity index is 1.50. The van der Waals surface area contributed by atoms with Crippen molar-refractivity contribution in [1.82, 2.24) is 0 Å². The third kappa shape index (κ3) is 3.78. The van der Waals surface area contributed by atoms with Gasteiger partial charge in [0.2, 0.25) is 0 Å². The monoisotopic (exact) mass is 439 g/mol. The van der Waals surface area contributed by atoms with Crippen LogP contribution in [-0.2, 0) is 0 Å². The van der Waals surface area contributed by atoms with E-state index in [0.717, 1.165) is 34.5 Å². The molecule has 5 rings (SSSR count). The number of aryl methyl sites for hydroxylation is 2. The molecule has 2 aliphatic rings. The van der Waals surface area contributed by atoms with Crippen molar-refractivity contribution in [2.24, 2.45) is 5.92 Å². The molecule has 1 aliphatic heterocycles. The van der Waals surface area contributed by atoms with Crippen LogP contribution >= 0.6 is 0 Å². The largest absolute Gasteiger partial charge is 0.377 e. The number of benzene rings is 3. The van der Waals surface area contributed by atoms with E-state index >= 15 is 0 Å². The molecule has 1 aliphatic carbocycles. The lowest BCUT2D eigenvalue weighted by Crippen LogP contribution is -2.30. The van der Waals surface area contributed by atoms with Gasteiger partial charge < -0.3 is 10.6 Å². The van der Waals surface area contributed by atoms with E-state index in [-0.39, 0.29) is 34.4 Å². The molecule has 0 saturated carbocycles. The highest BCUT2D eigenvalue weighted by molar-refractivity contribution is 6.08. The highest BCUT2D eigenvalue weighted by Crippen LogP contribution is 2.50. The van der Waals surface area contributed by atoms with E-state index in [2.05, 4.69) is 28.9 Å². The SMILES string of the molecule is Cc1ccc(NC(=O)c2cccc3c2NC(c2ccc([N+](=O)[O-])cc2)C2CC=CC32)cc1C. The predicted molar refractivity (Wildman–Crippen MR) is 130 cm³/mol. The second kappa shape index (κ2) is 8.20. The molecule has 1 amide bonds. The number of nitro groups is 1. The number of carbonyl (C=O) groups is 1. The van der Waals surface area contributed by atoms with Crippen molar-refractivity contribution in [2.45, 2.75) is 32.2 Å². The van der Waals surface area contributed by atoms with Crippen molar-refractivity contribution in [2.75, 3.05) is 10.6 Å². The number of allylic oxidation sites excluding steroid dienone is 2. The Bertz CT molecular complexity index is 1280. The van der Waals surface area contributed by atoms with Crippen molar-refractivity contribution in [3.05, 3.63) is 111 Å². The van der Waals surface area contributed by atoms with E-state index < -0.39 is 0 Å². The van der Waals surface area contributed by atoms with Crippen molar-refractivity contribution in [3.63, 3.8) is 0 Å². The van der Waals surface area contributed by atoms with Gasteiger partial charge in [0, 0.05) is 23.7 Å². The number of anilines is 2. The van der Waals surface area contributed by atoms with Gasteiger partial charge in [-0.25, -0.2) is 0 Å². The fourth-order valence-corrected chi connectivity index (χ4v) is 4.96. The Morgan fingerprint density at radius 2 is 1.85 bits per heavy atom. The molecular formula is C27H25N3O3. The standard InChI is InChI=1S/C27H25N3O3/c1-16-9-12-19(15-17(16)2)28-27(31)24-8-4-7-23-21-5-3-6-22(21)25(29-26(23)24)18-10-13-20(14-11-18)30(32)33/h3-5,7-15,21-22,25,29H,6H2,1-2H3,(H,28,31). The predicted octanol–water partition coefficient (Wildman–Crippen LogP) is 6.29. The van der Waals surface area contributed by atoms with E-state index in [1.54, 1.807) is 12.1 Å². The fraction of sp³-hybridized carbons (Fsp3) is 0.222.